The number of benzene rings is 1. The maximum Gasteiger partial charge on any atom is 0.241 e. The molecule has 24 heavy (non-hydrogen) atoms. The van der Waals surface area contributed by atoms with Gasteiger partial charge in [0.25, 0.3) is 0 Å². The summed E-state index contributed by atoms with van der Waals surface area (Å²) in [5.74, 6) is 1.05. The van der Waals surface area contributed by atoms with Crippen LogP contribution >= 0.6 is 24.2 Å². The second-order valence-electron chi connectivity index (χ2n) is 5.10. The van der Waals surface area contributed by atoms with Gasteiger partial charge in [-0.1, -0.05) is 18.2 Å². The minimum atomic E-state index is -0.416. The van der Waals surface area contributed by atoms with Crippen LogP contribution in [0.2, 0.25) is 0 Å². The van der Waals surface area contributed by atoms with Crippen molar-refractivity contribution < 1.29 is 9.18 Å². The molecule has 0 aliphatic heterocycles. The first-order chi connectivity index (χ1) is 11.1. The molecule has 1 aromatic heterocycles. The molecule has 1 amide bonds. The lowest BCUT2D eigenvalue weighted by Crippen LogP contribution is -2.36. The zero-order valence-electron chi connectivity index (χ0n) is 13.7. The summed E-state index contributed by atoms with van der Waals surface area (Å²) < 4.78 is 15.1. The number of carbonyl (C=O) groups is 1. The molecule has 1 aromatic carbocycles. The van der Waals surface area contributed by atoms with E-state index in [-0.39, 0.29) is 24.1 Å². The Labute approximate surface area is 151 Å². The number of halogens is 2. The average molecular weight is 373 g/mol. The first kappa shape index (κ1) is 20.5. The van der Waals surface area contributed by atoms with Gasteiger partial charge >= 0.3 is 0 Å². The molecule has 2 aromatic rings. The van der Waals surface area contributed by atoms with Crippen molar-refractivity contribution in [3.63, 3.8) is 0 Å². The summed E-state index contributed by atoms with van der Waals surface area (Å²) in [6.45, 7) is 0.538. The van der Waals surface area contributed by atoms with Crippen LogP contribution in [0.1, 0.15) is 17.2 Å². The van der Waals surface area contributed by atoms with Crippen LogP contribution in [0.15, 0.2) is 36.7 Å². The maximum absolute atomic E-state index is 13.5. The van der Waals surface area contributed by atoms with Crippen LogP contribution in [0.5, 0.6) is 0 Å². The summed E-state index contributed by atoms with van der Waals surface area (Å²) in [7, 11) is 3.55. The number of aromatic nitrogens is 2. The van der Waals surface area contributed by atoms with Gasteiger partial charge in [-0.25, -0.2) is 4.39 Å². The van der Waals surface area contributed by atoms with Gasteiger partial charge in [-0.3, -0.25) is 9.48 Å². The number of amides is 1. The SMILES string of the molecule is CNC(C(=O)NCCSCc1ccccc1F)c1cnn(C)c1.Cl. The largest absolute Gasteiger partial charge is 0.354 e. The molecule has 1 unspecified atom stereocenters. The molecule has 0 bridgehead atoms. The number of nitrogens with zero attached hydrogens (tertiary/aromatic N) is 2. The summed E-state index contributed by atoms with van der Waals surface area (Å²) in [6, 6.07) is 6.33. The predicted octanol–water partition coefficient (Wildman–Crippen LogP) is 2.29. The van der Waals surface area contributed by atoms with Crippen molar-refractivity contribution in [3.05, 3.63) is 53.6 Å². The third kappa shape index (κ3) is 5.81. The second-order valence-corrected chi connectivity index (χ2v) is 6.21. The molecule has 8 heteroatoms. The summed E-state index contributed by atoms with van der Waals surface area (Å²) in [6.07, 6.45) is 3.49. The van der Waals surface area contributed by atoms with Gasteiger partial charge in [0.05, 0.1) is 6.20 Å². The second kappa shape index (κ2) is 10.3. The van der Waals surface area contributed by atoms with E-state index < -0.39 is 6.04 Å². The average Bonchev–Trinajstić information content (AvgIpc) is 2.95. The van der Waals surface area contributed by atoms with E-state index in [2.05, 4.69) is 15.7 Å². The van der Waals surface area contributed by atoms with E-state index in [0.29, 0.717) is 17.9 Å². The van der Waals surface area contributed by atoms with Crippen LogP contribution in [0.4, 0.5) is 4.39 Å². The molecule has 0 radical (unpaired) electrons. The molecule has 2 N–H and O–H groups in total. The minimum Gasteiger partial charge on any atom is -0.354 e. The number of hydrogen-bond acceptors (Lipinski definition) is 4. The van der Waals surface area contributed by atoms with Gasteiger partial charge < -0.3 is 10.6 Å². The fourth-order valence-corrected chi connectivity index (χ4v) is 3.03. The summed E-state index contributed by atoms with van der Waals surface area (Å²) in [5.41, 5.74) is 1.51. The summed E-state index contributed by atoms with van der Waals surface area (Å²) in [5, 5.41) is 9.95. The topological polar surface area (TPSA) is 59.0 Å². The van der Waals surface area contributed by atoms with Gasteiger partial charge in [-0.2, -0.15) is 16.9 Å². The van der Waals surface area contributed by atoms with Crippen molar-refractivity contribution in [2.75, 3.05) is 19.3 Å². The van der Waals surface area contributed by atoms with E-state index in [1.165, 1.54) is 6.07 Å². The number of nitrogens with one attached hydrogen (secondary N) is 2. The quantitative estimate of drug-likeness (QED) is 0.698. The molecule has 1 heterocycles. The Balaban J connectivity index is 0.00000288. The maximum atomic E-state index is 13.5. The van der Waals surface area contributed by atoms with Crippen LogP contribution in [0.25, 0.3) is 0 Å². The molecular weight excluding hydrogens is 351 g/mol. The van der Waals surface area contributed by atoms with E-state index in [4.69, 9.17) is 0 Å². The zero-order chi connectivity index (χ0) is 16.7. The number of thioether (sulfide) groups is 1. The first-order valence-corrected chi connectivity index (χ1v) is 8.52. The third-order valence-electron chi connectivity index (χ3n) is 3.37. The van der Waals surface area contributed by atoms with Crippen molar-refractivity contribution in [2.24, 2.45) is 7.05 Å². The Bertz CT molecular complexity index is 653. The molecule has 0 aliphatic rings. The Morgan fingerprint density at radius 2 is 2.17 bits per heavy atom. The monoisotopic (exact) mass is 372 g/mol. The molecule has 1 atom stereocenters. The highest BCUT2D eigenvalue weighted by Crippen LogP contribution is 2.15. The minimum absolute atomic E-state index is 0. The first-order valence-electron chi connectivity index (χ1n) is 7.36. The molecule has 0 aliphatic carbocycles. The van der Waals surface area contributed by atoms with Gasteiger partial charge in [0.15, 0.2) is 0 Å². The lowest BCUT2D eigenvalue weighted by atomic mass is 10.1. The van der Waals surface area contributed by atoms with E-state index in [9.17, 15) is 9.18 Å². The van der Waals surface area contributed by atoms with Crippen LogP contribution < -0.4 is 10.6 Å². The van der Waals surface area contributed by atoms with E-state index in [0.717, 1.165) is 11.3 Å². The highest BCUT2D eigenvalue weighted by molar-refractivity contribution is 7.98. The zero-order valence-corrected chi connectivity index (χ0v) is 15.3. The predicted molar refractivity (Wildman–Crippen MR) is 97.8 cm³/mol. The van der Waals surface area contributed by atoms with E-state index in [1.807, 2.05) is 19.3 Å². The molecule has 5 nitrogen and oxygen atoms in total. The standard InChI is InChI=1S/C16H21FN4OS.ClH/c1-18-15(13-9-20-21(2)10-13)16(22)19-7-8-23-11-12-5-3-4-6-14(12)17;/h3-6,9-10,15,18H,7-8,11H2,1-2H3,(H,19,22);1H. The lowest BCUT2D eigenvalue weighted by molar-refractivity contribution is -0.123. The molecule has 0 fully saturated rings. The third-order valence-corrected chi connectivity index (χ3v) is 4.38. The number of rotatable bonds is 8. The van der Waals surface area contributed by atoms with Gasteiger partial charge in [0.2, 0.25) is 5.91 Å². The van der Waals surface area contributed by atoms with Crippen LogP contribution in [-0.4, -0.2) is 35.0 Å². The molecule has 132 valence electrons. The summed E-state index contributed by atoms with van der Waals surface area (Å²) in [4.78, 5) is 12.2. The Kier molecular flexibility index (Phi) is 8.81. The molecule has 0 saturated heterocycles. The van der Waals surface area contributed by atoms with Crippen LogP contribution in [0.3, 0.4) is 0 Å². The van der Waals surface area contributed by atoms with Gasteiger partial charge in [0.1, 0.15) is 11.9 Å². The lowest BCUT2D eigenvalue weighted by Gasteiger charge is -2.14. The molecule has 2 rings (SSSR count). The van der Waals surface area contributed by atoms with Crippen molar-refractivity contribution in [2.45, 2.75) is 11.8 Å². The van der Waals surface area contributed by atoms with Crippen molar-refractivity contribution in [3.8, 4) is 0 Å². The normalized spacial score (nSPS) is 11.6. The smallest absolute Gasteiger partial charge is 0.241 e. The number of aryl methyl sites for hydroxylation is 1. The Morgan fingerprint density at radius 1 is 1.42 bits per heavy atom. The Hall–Kier alpha value is -1.57. The van der Waals surface area contributed by atoms with Crippen molar-refractivity contribution in [1.82, 2.24) is 20.4 Å². The van der Waals surface area contributed by atoms with E-state index in [1.54, 1.807) is 41.8 Å². The fraction of sp³-hybridized carbons (Fsp3) is 0.375. The van der Waals surface area contributed by atoms with Gasteiger partial charge in [-0.15, -0.1) is 12.4 Å². The van der Waals surface area contributed by atoms with Crippen LogP contribution in [0, 0.1) is 5.82 Å². The molecular formula is C16H22ClFN4OS. The van der Waals surface area contributed by atoms with Gasteiger partial charge in [0, 0.05) is 36.9 Å². The number of likely N-dealkylation sites (N-methyl/N-ethyl adjacent to an activating group) is 1. The molecule has 0 spiro atoms. The number of carbonyl (C=O) groups excluding carboxylic acids is 1. The fourth-order valence-electron chi connectivity index (χ4n) is 2.18. The van der Waals surface area contributed by atoms with Gasteiger partial charge in [-0.05, 0) is 18.7 Å². The Morgan fingerprint density at radius 3 is 2.79 bits per heavy atom. The highest BCUT2D eigenvalue weighted by atomic mass is 35.5. The highest BCUT2D eigenvalue weighted by Gasteiger charge is 2.19. The summed E-state index contributed by atoms with van der Waals surface area (Å²) >= 11 is 1.59. The number of hydrogen-bond donors (Lipinski definition) is 2. The van der Waals surface area contributed by atoms with E-state index >= 15 is 0 Å². The van der Waals surface area contributed by atoms with Crippen molar-refractivity contribution in [1.29, 1.82) is 0 Å². The molecule has 0 saturated carbocycles. The van der Waals surface area contributed by atoms with Crippen LogP contribution in [-0.2, 0) is 17.6 Å². The van der Waals surface area contributed by atoms with Crippen molar-refractivity contribution >= 4 is 30.1 Å².